The van der Waals surface area contributed by atoms with E-state index in [2.05, 4.69) is 52.8 Å². The molecular weight excluding hydrogens is 330 g/mol. The zero-order valence-electron chi connectivity index (χ0n) is 15.7. The molecule has 2 aliphatic heterocycles. The minimum Gasteiger partial charge on any atom is -0.369 e. The van der Waals surface area contributed by atoms with Gasteiger partial charge in [0.05, 0.1) is 0 Å². The average Bonchev–Trinajstić information content (AvgIpc) is 2.62. The lowest BCUT2D eigenvalue weighted by Crippen LogP contribution is -2.55. The smallest absolute Gasteiger partial charge is 0.0426 e. The van der Waals surface area contributed by atoms with Crippen molar-refractivity contribution >= 4 is 17.3 Å². The molecule has 0 aromatic heterocycles. The third-order valence-corrected chi connectivity index (χ3v) is 5.60. The first-order valence-corrected chi connectivity index (χ1v) is 10.1. The van der Waals surface area contributed by atoms with Gasteiger partial charge in [0.25, 0.3) is 0 Å². The summed E-state index contributed by atoms with van der Waals surface area (Å²) >= 11 is 6.14. The van der Waals surface area contributed by atoms with Crippen LogP contribution in [0.15, 0.2) is 36.4 Å². The lowest BCUT2D eigenvalue weighted by molar-refractivity contribution is 0.0990. The van der Waals surface area contributed by atoms with E-state index >= 15 is 0 Å². The van der Waals surface area contributed by atoms with Crippen molar-refractivity contribution in [1.29, 1.82) is 0 Å². The Bertz CT molecular complexity index is 564. The first-order chi connectivity index (χ1) is 12.1. The molecule has 0 aliphatic carbocycles. The fourth-order valence-electron chi connectivity index (χ4n) is 4.00. The third kappa shape index (κ3) is 5.47. The number of piperazine rings is 1. The van der Waals surface area contributed by atoms with Crippen LogP contribution in [0.5, 0.6) is 0 Å². The fourth-order valence-corrected chi connectivity index (χ4v) is 4.18. The van der Waals surface area contributed by atoms with E-state index in [0.717, 1.165) is 43.8 Å². The largest absolute Gasteiger partial charge is 0.369 e. The van der Waals surface area contributed by atoms with Gasteiger partial charge in [0.2, 0.25) is 0 Å². The quantitative estimate of drug-likeness (QED) is 0.730. The molecule has 25 heavy (non-hydrogen) atoms. The van der Waals surface area contributed by atoms with E-state index in [1.165, 1.54) is 31.6 Å². The van der Waals surface area contributed by atoms with Crippen LogP contribution in [-0.4, -0.2) is 61.7 Å². The zero-order chi connectivity index (χ0) is 17.6. The van der Waals surface area contributed by atoms with Gasteiger partial charge in [-0.15, -0.1) is 0 Å². The van der Waals surface area contributed by atoms with Gasteiger partial charge in [0.15, 0.2) is 0 Å². The second kappa shape index (κ2) is 9.07. The predicted molar refractivity (Wildman–Crippen MR) is 109 cm³/mol. The summed E-state index contributed by atoms with van der Waals surface area (Å²) in [7, 11) is 0. The Morgan fingerprint density at radius 3 is 2.68 bits per heavy atom. The molecule has 2 heterocycles. The van der Waals surface area contributed by atoms with Crippen LogP contribution in [0, 0.1) is 5.92 Å². The van der Waals surface area contributed by atoms with Crippen LogP contribution >= 0.6 is 11.6 Å². The number of nitrogens with zero attached hydrogens (tertiary/aromatic N) is 3. The highest BCUT2D eigenvalue weighted by Gasteiger charge is 2.27. The average molecular weight is 362 g/mol. The second-order valence-electron chi connectivity index (χ2n) is 7.73. The molecule has 0 saturated carbocycles. The van der Waals surface area contributed by atoms with Crippen molar-refractivity contribution in [1.82, 2.24) is 9.80 Å². The van der Waals surface area contributed by atoms with Crippen molar-refractivity contribution in [2.75, 3.05) is 50.7 Å². The molecule has 4 heteroatoms. The van der Waals surface area contributed by atoms with Crippen molar-refractivity contribution in [3.05, 3.63) is 41.4 Å². The van der Waals surface area contributed by atoms with Gasteiger partial charge in [-0.05, 0) is 43.5 Å². The monoisotopic (exact) mass is 361 g/mol. The van der Waals surface area contributed by atoms with Crippen LogP contribution in [0.2, 0.25) is 5.02 Å². The Kier molecular flexibility index (Phi) is 6.80. The molecule has 2 aliphatic rings. The summed E-state index contributed by atoms with van der Waals surface area (Å²) in [5, 5.41) is 0.831. The number of allylic oxidation sites excluding steroid dienone is 1. The first kappa shape index (κ1) is 18.8. The number of piperidine rings is 1. The van der Waals surface area contributed by atoms with Crippen LogP contribution in [-0.2, 0) is 0 Å². The molecule has 138 valence electrons. The molecular formula is C21H32ClN3. The summed E-state index contributed by atoms with van der Waals surface area (Å²) in [5.74, 6) is 0.653. The third-order valence-electron chi connectivity index (χ3n) is 5.37. The molecule has 3 nitrogen and oxygen atoms in total. The van der Waals surface area contributed by atoms with E-state index in [4.69, 9.17) is 11.6 Å². The molecule has 0 bridgehead atoms. The Morgan fingerprint density at radius 1 is 1.16 bits per heavy atom. The summed E-state index contributed by atoms with van der Waals surface area (Å²) in [6.45, 7) is 12.6. The number of hydrogen-bond acceptors (Lipinski definition) is 3. The number of hydrogen-bond donors (Lipinski definition) is 0. The lowest BCUT2D eigenvalue weighted by atomic mass is 10.0. The minimum atomic E-state index is 0.653. The minimum absolute atomic E-state index is 0.653. The Balaban J connectivity index is 1.49. The summed E-state index contributed by atoms with van der Waals surface area (Å²) in [6, 6.07) is 8.98. The lowest BCUT2D eigenvalue weighted by Gasteiger charge is -2.43. The van der Waals surface area contributed by atoms with Gasteiger partial charge in [-0.1, -0.05) is 43.7 Å². The van der Waals surface area contributed by atoms with E-state index in [0.29, 0.717) is 5.92 Å². The van der Waals surface area contributed by atoms with Crippen molar-refractivity contribution in [3.8, 4) is 0 Å². The van der Waals surface area contributed by atoms with E-state index in [1.54, 1.807) is 0 Å². The first-order valence-electron chi connectivity index (χ1n) is 9.75. The highest BCUT2D eigenvalue weighted by atomic mass is 35.5. The van der Waals surface area contributed by atoms with Crippen LogP contribution in [0.25, 0.3) is 0 Å². The van der Waals surface area contributed by atoms with Crippen molar-refractivity contribution in [3.63, 3.8) is 0 Å². The predicted octanol–water partition coefficient (Wildman–Crippen LogP) is 4.14. The molecule has 3 rings (SSSR count). The molecule has 0 radical (unpaired) electrons. The van der Waals surface area contributed by atoms with Crippen molar-refractivity contribution in [2.24, 2.45) is 5.92 Å². The molecule has 1 unspecified atom stereocenters. The molecule has 1 atom stereocenters. The number of halogens is 1. The Labute approximate surface area is 158 Å². The normalized spacial score (nSPS) is 23.7. The summed E-state index contributed by atoms with van der Waals surface area (Å²) in [4.78, 5) is 7.80. The van der Waals surface area contributed by atoms with Gasteiger partial charge in [0, 0.05) is 56.0 Å². The molecule has 1 aromatic rings. The topological polar surface area (TPSA) is 9.72 Å². The molecule has 1 aromatic carbocycles. The van der Waals surface area contributed by atoms with Crippen LogP contribution in [0.4, 0.5) is 5.69 Å². The molecule has 2 fully saturated rings. The summed E-state index contributed by atoms with van der Waals surface area (Å²) in [5.41, 5.74) is 1.26. The fraction of sp³-hybridized carbons (Fsp3) is 0.619. The van der Waals surface area contributed by atoms with E-state index < -0.39 is 0 Å². The van der Waals surface area contributed by atoms with Gasteiger partial charge in [-0.25, -0.2) is 0 Å². The summed E-state index contributed by atoms with van der Waals surface area (Å²) in [6.07, 6.45) is 7.35. The summed E-state index contributed by atoms with van der Waals surface area (Å²) < 4.78 is 0. The van der Waals surface area contributed by atoms with Gasteiger partial charge in [-0.2, -0.15) is 0 Å². The maximum Gasteiger partial charge on any atom is 0.0426 e. The molecule has 0 spiro atoms. The number of anilines is 1. The highest BCUT2D eigenvalue weighted by molar-refractivity contribution is 6.30. The van der Waals surface area contributed by atoms with E-state index in [1.807, 2.05) is 12.1 Å². The van der Waals surface area contributed by atoms with Crippen molar-refractivity contribution in [2.45, 2.75) is 32.7 Å². The molecule has 0 N–H and O–H groups in total. The maximum absolute atomic E-state index is 6.14. The number of rotatable bonds is 5. The second-order valence-corrected chi connectivity index (χ2v) is 8.17. The Morgan fingerprint density at radius 2 is 1.96 bits per heavy atom. The SMILES string of the molecule is CC(C)C=CCN1CCCC(N2CCN(c3cccc(Cl)c3)CC2)C1. The number of benzene rings is 1. The molecule has 0 amide bonds. The van der Waals surface area contributed by atoms with Gasteiger partial charge >= 0.3 is 0 Å². The zero-order valence-corrected chi connectivity index (χ0v) is 16.5. The highest BCUT2D eigenvalue weighted by Crippen LogP contribution is 2.23. The molecule has 2 saturated heterocycles. The van der Waals surface area contributed by atoms with Gasteiger partial charge < -0.3 is 4.90 Å². The van der Waals surface area contributed by atoms with Gasteiger partial charge in [0.1, 0.15) is 0 Å². The van der Waals surface area contributed by atoms with E-state index in [9.17, 15) is 0 Å². The van der Waals surface area contributed by atoms with Crippen molar-refractivity contribution < 1.29 is 0 Å². The standard InChI is InChI=1S/C21H32ClN3/c1-18(2)6-4-10-23-11-5-9-21(17-23)25-14-12-24(13-15-25)20-8-3-7-19(22)16-20/h3-4,6-8,16,18,21H,5,9-15,17H2,1-2H3. The number of likely N-dealkylation sites (tertiary alicyclic amines) is 1. The Hall–Kier alpha value is -1.03. The van der Waals surface area contributed by atoms with Crippen LogP contribution in [0.3, 0.4) is 0 Å². The van der Waals surface area contributed by atoms with Gasteiger partial charge in [-0.3, -0.25) is 9.80 Å². The van der Waals surface area contributed by atoms with E-state index in [-0.39, 0.29) is 0 Å². The van der Waals surface area contributed by atoms with Crippen LogP contribution in [0.1, 0.15) is 26.7 Å². The maximum atomic E-state index is 6.14. The van der Waals surface area contributed by atoms with Crippen LogP contribution < -0.4 is 4.90 Å².